The van der Waals surface area contributed by atoms with Gasteiger partial charge < -0.3 is 16.4 Å². The number of aromatic amines is 1. The van der Waals surface area contributed by atoms with E-state index in [2.05, 4.69) is 10.2 Å². The van der Waals surface area contributed by atoms with E-state index in [1.54, 1.807) is 0 Å². The second-order valence-electron chi connectivity index (χ2n) is 4.53. The zero-order valence-corrected chi connectivity index (χ0v) is 10.1. The summed E-state index contributed by atoms with van der Waals surface area (Å²) < 4.78 is 0. The summed E-state index contributed by atoms with van der Waals surface area (Å²) in [5.41, 5.74) is 11.1. The molecule has 0 radical (unpaired) electrons. The molecular formula is C11H17N5O2. The van der Waals surface area contributed by atoms with Crippen molar-refractivity contribution in [1.82, 2.24) is 15.1 Å². The summed E-state index contributed by atoms with van der Waals surface area (Å²) in [7, 11) is 0. The first-order valence-corrected chi connectivity index (χ1v) is 5.97. The van der Waals surface area contributed by atoms with Crippen molar-refractivity contribution in [2.45, 2.75) is 31.7 Å². The molecule has 0 aliphatic heterocycles. The molecule has 0 bridgehead atoms. The molecule has 1 aromatic rings. The van der Waals surface area contributed by atoms with Crippen LogP contribution in [0.2, 0.25) is 0 Å². The topological polar surface area (TPSA) is 118 Å². The predicted octanol–water partition coefficient (Wildman–Crippen LogP) is -0.138. The molecule has 0 spiro atoms. The fourth-order valence-corrected chi connectivity index (χ4v) is 2.37. The summed E-state index contributed by atoms with van der Waals surface area (Å²) >= 11 is 0. The summed E-state index contributed by atoms with van der Waals surface area (Å²) in [4.78, 5) is 24.9. The van der Waals surface area contributed by atoms with Crippen LogP contribution in [0.1, 0.15) is 36.0 Å². The molecule has 2 amide bonds. The van der Waals surface area contributed by atoms with Crippen molar-refractivity contribution in [2.24, 2.45) is 5.73 Å². The second kappa shape index (κ2) is 5.07. The Morgan fingerprint density at radius 3 is 2.61 bits per heavy atom. The zero-order chi connectivity index (χ0) is 13.1. The molecule has 18 heavy (non-hydrogen) atoms. The molecule has 1 fully saturated rings. The first kappa shape index (κ1) is 12.4. The van der Waals surface area contributed by atoms with Crippen LogP contribution in [-0.2, 0) is 4.79 Å². The minimum Gasteiger partial charge on any atom is -0.383 e. The lowest BCUT2D eigenvalue weighted by atomic mass is 10.1. The summed E-state index contributed by atoms with van der Waals surface area (Å²) in [6.45, 7) is -0.0753. The van der Waals surface area contributed by atoms with Gasteiger partial charge in [0, 0.05) is 6.04 Å². The molecule has 1 aliphatic rings. The lowest BCUT2D eigenvalue weighted by Gasteiger charge is -2.27. The molecule has 1 aromatic heterocycles. The highest BCUT2D eigenvalue weighted by Crippen LogP contribution is 2.25. The maximum absolute atomic E-state index is 12.3. The quantitative estimate of drug-likeness (QED) is 0.690. The number of hydrogen-bond donors (Lipinski definition) is 3. The lowest BCUT2D eigenvalue weighted by molar-refractivity contribution is -0.119. The van der Waals surface area contributed by atoms with Crippen LogP contribution in [0.15, 0.2) is 6.20 Å². The van der Waals surface area contributed by atoms with E-state index in [0.717, 1.165) is 25.7 Å². The number of nitrogens with zero attached hydrogens (tertiary/aromatic N) is 2. The van der Waals surface area contributed by atoms with Crippen molar-refractivity contribution in [3.05, 3.63) is 11.8 Å². The zero-order valence-electron chi connectivity index (χ0n) is 10.1. The monoisotopic (exact) mass is 251 g/mol. The Labute approximate surface area is 105 Å². The van der Waals surface area contributed by atoms with Crippen LogP contribution < -0.4 is 11.5 Å². The van der Waals surface area contributed by atoms with Gasteiger partial charge in [-0.25, -0.2) is 0 Å². The Balaban J connectivity index is 2.20. The molecule has 0 aromatic carbocycles. The van der Waals surface area contributed by atoms with Crippen LogP contribution in [0.3, 0.4) is 0 Å². The SMILES string of the molecule is NC(=O)CN(C(=O)c1cn[nH]c1N)C1CCCC1. The number of amides is 2. The molecule has 0 unspecified atom stereocenters. The molecule has 1 saturated carbocycles. The largest absolute Gasteiger partial charge is 0.383 e. The smallest absolute Gasteiger partial charge is 0.259 e. The first-order valence-electron chi connectivity index (χ1n) is 5.97. The van der Waals surface area contributed by atoms with Gasteiger partial charge in [-0.3, -0.25) is 14.7 Å². The average molecular weight is 251 g/mol. The van der Waals surface area contributed by atoms with Crippen LogP contribution in [0.5, 0.6) is 0 Å². The van der Waals surface area contributed by atoms with Crippen molar-refractivity contribution in [3.8, 4) is 0 Å². The first-order chi connectivity index (χ1) is 8.59. The number of nitrogen functional groups attached to an aromatic ring is 1. The molecule has 98 valence electrons. The Morgan fingerprint density at radius 2 is 2.11 bits per heavy atom. The summed E-state index contributed by atoms with van der Waals surface area (Å²) in [6, 6.07) is 0.0688. The molecule has 1 aliphatic carbocycles. The van der Waals surface area contributed by atoms with E-state index in [1.165, 1.54) is 11.1 Å². The van der Waals surface area contributed by atoms with Gasteiger partial charge in [-0.2, -0.15) is 5.10 Å². The number of nitrogens with one attached hydrogen (secondary N) is 1. The average Bonchev–Trinajstić information content (AvgIpc) is 2.95. The van der Waals surface area contributed by atoms with Gasteiger partial charge in [-0.15, -0.1) is 0 Å². The number of aromatic nitrogens is 2. The summed E-state index contributed by atoms with van der Waals surface area (Å²) in [5, 5.41) is 6.23. The minimum absolute atomic E-state index is 0.0688. The lowest BCUT2D eigenvalue weighted by Crippen LogP contribution is -2.44. The third kappa shape index (κ3) is 2.44. The van der Waals surface area contributed by atoms with Crippen LogP contribution in [0.4, 0.5) is 5.82 Å². The maximum Gasteiger partial charge on any atom is 0.259 e. The van der Waals surface area contributed by atoms with Crippen molar-refractivity contribution in [2.75, 3.05) is 12.3 Å². The molecule has 5 N–H and O–H groups in total. The van der Waals surface area contributed by atoms with E-state index in [1.807, 2.05) is 0 Å². The number of primary amides is 1. The van der Waals surface area contributed by atoms with Gasteiger partial charge in [-0.05, 0) is 12.8 Å². The molecule has 0 saturated heterocycles. The molecule has 0 atom stereocenters. The van der Waals surface area contributed by atoms with Gasteiger partial charge >= 0.3 is 0 Å². The Hall–Kier alpha value is -2.05. The number of carbonyl (C=O) groups excluding carboxylic acids is 2. The van der Waals surface area contributed by atoms with Crippen molar-refractivity contribution >= 4 is 17.6 Å². The van der Waals surface area contributed by atoms with E-state index in [0.29, 0.717) is 5.56 Å². The predicted molar refractivity (Wildman–Crippen MR) is 65.5 cm³/mol. The van der Waals surface area contributed by atoms with Gasteiger partial charge in [-0.1, -0.05) is 12.8 Å². The van der Waals surface area contributed by atoms with E-state index in [-0.39, 0.29) is 24.3 Å². The van der Waals surface area contributed by atoms with Crippen LogP contribution in [0.25, 0.3) is 0 Å². The molecule has 7 nitrogen and oxygen atoms in total. The fourth-order valence-electron chi connectivity index (χ4n) is 2.37. The van der Waals surface area contributed by atoms with Crippen molar-refractivity contribution < 1.29 is 9.59 Å². The number of carbonyl (C=O) groups is 2. The maximum atomic E-state index is 12.3. The number of rotatable bonds is 4. The third-order valence-electron chi connectivity index (χ3n) is 3.25. The fraction of sp³-hybridized carbons (Fsp3) is 0.545. The summed E-state index contributed by atoms with van der Waals surface area (Å²) in [6.07, 6.45) is 5.30. The Kier molecular flexibility index (Phi) is 3.50. The Bertz CT molecular complexity index is 450. The normalized spacial score (nSPS) is 15.8. The van der Waals surface area contributed by atoms with E-state index in [4.69, 9.17) is 11.5 Å². The van der Waals surface area contributed by atoms with Gasteiger partial charge in [0.2, 0.25) is 5.91 Å². The number of H-pyrrole nitrogens is 1. The molecule has 1 heterocycles. The highest BCUT2D eigenvalue weighted by atomic mass is 16.2. The third-order valence-corrected chi connectivity index (χ3v) is 3.25. The van der Waals surface area contributed by atoms with Crippen molar-refractivity contribution in [1.29, 1.82) is 0 Å². The van der Waals surface area contributed by atoms with E-state index >= 15 is 0 Å². The van der Waals surface area contributed by atoms with Crippen LogP contribution in [-0.4, -0.2) is 39.5 Å². The minimum atomic E-state index is -0.516. The number of anilines is 1. The van der Waals surface area contributed by atoms with Gasteiger partial charge in [0.15, 0.2) is 0 Å². The highest BCUT2D eigenvalue weighted by Gasteiger charge is 2.29. The van der Waals surface area contributed by atoms with Crippen LogP contribution in [0, 0.1) is 0 Å². The van der Waals surface area contributed by atoms with Gasteiger partial charge in [0.1, 0.15) is 11.4 Å². The standard InChI is InChI=1S/C11H17N5O2/c12-9(17)6-16(7-3-1-2-4-7)11(18)8-5-14-15-10(8)13/h5,7H,1-4,6H2,(H2,12,17)(H3,13,14,15). The van der Waals surface area contributed by atoms with Gasteiger partial charge in [0.25, 0.3) is 5.91 Å². The molecule has 7 heteroatoms. The van der Waals surface area contributed by atoms with E-state index in [9.17, 15) is 9.59 Å². The van der Waals surface area contributed by atoms with Crippen molar-refractivity contribution in [3.63, 3.8) is 0 Å². The van der Waals surface area contributed by atoms with Crippen LogP contribution >= 0.6 is 0 Å². The van der Waals surface area contributed by atoms with E-state index < -0.39 is 5.91 Å². The molecular weight excluding hydrogens is 234 g/mol. The number of hydrogen-bond acceptors (Lipinski definition) is 4. The Morgan fingerprint density at radius 1 is 1.44 bits per heavy atom. The van der Waals surface area contributed by atoms with Gasteiger partial charge in [0.05, 0.1) is 12.7 Å². The highest BCUT2D eigenvalue weighted by molar-refractivity contribution is 5.99. The summed E-state index contributed by atoms with van der Waals surface area (Å²) in [5.74, 6) is -0.586. The second-order valence-corrected chi connectivity index (χ2v) is 4.53. The molecule has 2 rings (SSSR count). The number of nitrogens with two attached hydrogens (primary N) is 2.